The summed E-state index contributed by atoms with van der Waals surface area (Å²) >= 11 is 0. The molecule has 0 aliphatic carbocycles. The van der Waals surface area contributed by atoms with Crippen LogP contribution in [0, 0.1) is 20.8 Å². The van der Waals surface area contributed by atoms with Crippen LogP contribution < -0.4 is 5.32 Å². The zero-order valence-electron chi connectivity index (χ0n) is 16.1. The molecule has 0 amide bonds. The maximum atomic E-state index is 11.2. The van der Waals surface area contributed by atoms with Crippen LogP contribution in [0.25, 0.3) is 0 Å². The Kier molecular flexibility index (Phi) is 6.37. The van der Waals surface area contributed by atoms with Crippen molar-refractivity contribution < 1.29 is 9.53 Å². The lowest BCUT2D eigenvalue weighted by atomic mass is 9.93. The highest BCUT2D eigenvalue weighted by Crippen LogP contribution is 2.24. The first-order chi connectivity index (χ1) is 11.8. The van der Waals surface area contributed by atoms with Crippen molar-refractivity contribution in [1.82, 2.24) is 15.1 Å². The van der Waals surface area contributed by atoms with E-state index in [-0.39, 0.29) is 12.0 Å². The molecule has 5 heteroatoms. The number of ether oxygens (including phenoxy) is 1. The van der Waals surface area contributed by atoms with Gasteiger partial charge in [-0.2, -0.15) is 5.10 Å². The second kappa shape index (κ2) is 8.30. The highest BCUT2D eigenvalue weighted by molar-refractivity contribution is 5.66. The summed E-state index contributed by atoms with van der Waals surface area (Å²) in [6.07, 6.45) is 2.82. The fourth-order valence-electron chi connectivity index (χ4n) is 3.35. The first-order valence-electron chi connectivity index (χ1n) is 8.78. The van der Waals surface area contributed by atoms with E-state index >= 15 is 0 Å². The molecule has 136 valence electrons. The van der Waals surface area contributed by atoms with E-state index < -0.39 is 0 Å². The smallest absolute Gasteiger partial charge is 0.302 e. The second-order valence-corrected chi connectivity index (χ2v) is 6.59. The molecule has 0 fully saturated rings. The Morgan fingerprint density at radius 3 is 2.52 bits per heavy atom. The zero-order chi connectivity index (χ0) is 18.6. The number of nitrogens with zero attached hydrogens (tertiary/aromatic N) is 2. The van der Waals surface area contributed by atoms with Gasteiger partial charge in [0.15, 0.2) is 0 Å². The molecule has 0 bridgehead atoms. The van der Waals surface area contributed by atoms with Crippen LogP contribution in [-0.2, 0) is 29.7 Å². The number of hydrogen-bond acceptors (Lipinski definition) is 4. The zero-order valence-corrected chi connectivity index (χ0v) is 16.1. The van der Waals surface area contributed by atoms with Crippen molar-refractivity contribution in [3.8, 4) is 0 Å². The molecule has 0 spiro atoms. The molecule has 0 aliphatic heterocycles. The monoisotopic (exact) mass is 343 g/mol. The lowest BCUT2D eigenvalue weighted by Gasteiger charge is -2.21. The Morgan fingerprint density at radius 2 is 1.96 bits per heavy atom. The number of rotatable bonds is 7. The molecular weight excluding hydrogens is 314 g/mol. The summed E-state index contributed by atoms with van der Waals surface area (Å²) in [6.45, 7) is 11.0. The van der Waals surface area contributed by atoms with Gasteiger partial charge in [-0.3, -0.25) is 9.48 Å². The van der Waals surface area contributed by atoms with Gasteiger partial charge in [0, 0.05) is 32.8 Å². The van der Waals surface area contributed by atoms with Crippen molar-refractivity contribution in [3.63, 3.8) is 0 Å². The molecule has 1 heterocycles. The molecule has 0 unspecified atom stereocenters. The highest BCUT2D eigenvalue weighted by Gasteiger charge is 2.16. The third kappa shape index (κ3) is 4.48. The predicted octanol–water partition coefficient (Wildman–Crippen LogP) is 3.65. The van der Waals surface area contributed by atoms with Gasteiger partial charge in [0.05, 0.1) is 5.69 Å². The SMILES string of the molecule is CC[C@H](NCc1c(C)cc(C)c(COC(C)=O)c1C)c1ccnn1C. The van der Waals surface area contributed by atoms with Crippen LogP contribution in [0.4, 0.5) is 0 Å². The van der Waals surface area contributed by atoms with E-state index in [2.05, 4.69) is 50.2 Å². The molecule has 0 radical (unpaired) electrons. The van der Waals surface area contributed by atoms with Gasteiger partial charge in [-0.05, 0) is 61.1 Å². The quantitative estimate of drug-likeness (QED) is 0.780. The van der Waals surface area contributed by atoms with E-state index in [9.17, 15) is 4.79 Å². The van der Waals surface area contributed by atoms with Gasteiger partial charge in [-0.15, -0.1) is 0 Å². The third-order valence-electron chi connectivity index (χ3n) is 4.86. The minimum absolute atomic E-state index is 0.249. The van der Waals surface area contributed by atoms with Gasteiger partial charge >= 0.3 is 5.97 Å². The molecule has 25 heavy (non-hydrogen) atoms. The standard InChI is InChI=1S/C20H29N3O2/c1-7-19(20-8-9-22-23(20)6)21-11-17-13(2)10-14(3)18(15(17)4)12-25-16(5)24/h8-10,19,21H,7,11-12H2,1-6H3/t19-/m0/s1. The number of carbonyl (C=O) groups excluding carboxylic acids is 1. The number of aromatic nitrogens is 2. The summed E-state index contributed by atoms with van der Waals surface area (Å²) in [5, 5.41) is 7.92. The summed E-state index contributed by atoms with van der Waals surface area (Å²) in [5.74, 6) is -0.249. The first kappa shape index (κ1) is 19.2. The summed E-state index contributed by atoms with van der Waals surface area (Å²) in [5.41, 5.74) is 7.18. The Labute approximate surface area is 150 Å². The summed E-state index contributed by atoms with van der Waals surface area (Å²) in [4.78, 5) is 11.2. The van der Waals surface area contributed by atoms with Crippen molar-refractivity contribution in [2.24, 2.45) is 7.05 Å². The number of hydrogen-bond donors (Lipinski definition) is 1. The van der Waals surface area contributed by atoms with Crippen LogP contribution in [0.2, 0.25) is 0 Å². The fraction of sp³-hybridized carbons (Fsp3) is 0.500. The van der Waals surface area contributed by atoms with Crippen molar-refractivity contribution in [3.05, 3.63) is 51.8 Å². The second-order valence-electron chi connectivity index (χ2n) is 6.59. The number of nitrogens with one attached hydrogen (secondary N) is 1. The largest absolute Gasteiger partial charge is 0.461 e. The highest BCUT2D eigenvalue weighted by atomic mass is 16.5. The molecule has 0 saturated heterocycles. The molecule has 0 aliphatic rings. The van der Waals surface area contributed by atoms with Crippen LogP contribution in [0.5, 0.6) is 0 Å². The van der Waals surface area contributed by atoms with Gasteiger partial charge in [0.25, 0.3) is 0 Å². The van der Waals surface area contributed by atoms with E-state index in [0.717, 1.165) is 18.5 Å². The maximum Gasteiger partial charge on any atom is 0.302 e. The molecule has 1 atom stereocenters. The average Bonchev–Trinajstić information content (AvgIpc) is 2.96. The molecular formula is C20H29N3O2. The van der Waals surface area contributed by atoms with Crippen molar-refractivity contribution in [1.29, 1.82) is 0 Å². The molecule has 0 saturated carbocycles. The Morgan fingerprint density at radius 1 is 1.28 bits per heavy atom. The van der Waals surface area contributed by atoms with Gasteiger partial charge in [-0.1, -0.05) is 13.0 Å². The van der Waals surface area contributed by atoms with E-state index in [1.165, 1.54) is 34.9 Å². The number of aryl methyl sites for hydroxylation is 3. The van der Waals surface area contributed by atoms with Crippen LogP contribution in [0.15, 0.2) is 18.3 Å². The fourth-order valence-corrected chi connectivity index (χ4v) is 3.35. The molecule has 2 rings (SSSR count). The molecule has 2 aromatic rings. The Bertz CT molecular complexity index is 750. The van der Waals surface area contributed by atoms with Crippen LogP contribution in [0.3, 0.4) is 0 Å². The number of esters is 1. The summed E-state index contributed by atoms with van der Waals surface area (Å²) in [6, 6.07) is 4.49. The van der Waals surface area contributed by atoms with Gasteiger partial charge in [-0.25, -0.2) is 0 Å². The number of carbonyl (C=O) groups is 1. The van der Waals surface area contributed by atoms with Crippen LogP contribution >= 0.6 is 0 Å². The molecule has 1 aromatic heterocycles. The normalized spacial score (nSPS) is 12.2. The Hall–Kier alpha value is -2.14. The van der Waals surface area contributed by atoms with Crippen LogP contribution in [-0.4, -0.2) is 15.7 Å². The minimum atomic E-state index is -0.249. The van der Waals surface area contributed by atoms with Gasteiger partial charge in [0.1, 0.15) is 6.61 Å². The average molecular weight is 343 g/mol. The molecule has 1 N–H and O–H groups in total. The summed E-state index contributed by atoms with van der Waals surface area (Å²) < 4.78 is 7.15. The molecule has 5 nitrogen and oxygen atoms in total. The molecule has 1 aromatic carbocycles. The summed E-state index contributed by atoms with van der Waals surface area (Å²) in [7, 11) is 1.97. The lowest BCUT2D eigenvalue weighted by Crippen LogP contribution is -2.24. The van der Waals surface area contributed by atoms with E-state index in [1.807, 2.05) is 17.9 Å². The minimum Gasteiger partial charge on any atom is -0.461 e. The van der Waals surface area contributed by atoms with E-state index in [0.29, 0.717) is 6.61 Å². The van der Waals surface area contributed by atoms with Crippen LogP contribution in [0.1, 0.15) is 59.8 Å². The number of benzene rings is 1. The maximum absolute atomic E-state index is 11.2. The van der Waals surface area contributed by atoms with E-state index in [1.54, 1.807) is 0 Å². The van der Waals surface area contributed by atoms with Crippen molar-refractivity contribution >= 4 is 5.97 Å². The van der Waals surface area contributed by atoms with Gasteiger partial charge < -0.3 is 10.1 Å². The predicted molar refractivity (Wildman–Crippen MR) is 99.2 cm³/mol. The lowest BCUT2D eigenvalue weighted by molar-refractivity contribution is -0.142. The third-order valence-corrected chi connectivity index (χ3v) is 4.86. The van der Waals surface area contributed by atoms with Crippen molar-refractivity contribution in [2.45, 2.75) is 60.2 Å². The van der Waals surface area contributed by atoms with E-state index in [4.69, 9.17) is 4.74 Å². The topological polar surface area (TPSA) is 56.1 Å². The van der Waals surface area contributed by atoms with Gasteiger partial charge in [0.2, 0.25) is 0 Å². The first-order valence-corrected chi connectivity index (χ1v) is 8.78. The van der Waals surface area contributed by atoms with Crippen molar-refractivity contribution in [2.75, 3.05) is 0 Å². The Balaban J connectivity index is 2.22.